The van der Waals surface area contributed by atoms with Crippen LogP contribution in [-0.2, 0) is 9.47 Å². The molecule has 0 aliphatic rings. The van der Waals surface area contributed by atoms with Gasteiger partial charge in [0, 0.05) is 11.4 Å². The molecule has 2 aromatic rings. The maximum Gasteiger partial charge on any atom is 0.411 e. The number of carbonyl (C=O) groups is 2. The van der Waals surface area contributed by atoms with Crippen LogP contribution in [0.25, 0.3) is 0 Å². The van der Waals surface area contributed by atoms with Crippen LogP contribution in [-0.4, -0.2) is 38.6 Å². The van der Waals surface area contributed by atoms with Crippen molar-refractivity contribution in [1.29, 1.82) is 0 Å². The number of amides is 2. The molecule has 0 unspecified atom stereocenters. The number of unbranched alkanes of at least 4 members (excludes halogenated alkanes) is 3. The van der Waals surface area contributed by atoms with Crippen molar-refractivity contribution < 1.29 is 28.5 Å². The van der Waals surface area contributed by atoms with Crippen molar-refractivity contribution in [3.8, 4) is 11.5 Å². The Labute approximate surface area is 201 Å². The second-order valence-electron chi connectivity index (χ2n) is 7.68. The summed E-state index contributed by atoms with van der Waals surface area (Å²) < 4.78 is 21.5. The quantitative estimate of drug-likeness (QED) is 0.283. The first-order valence-electron chi connectivity index (χ1n) is 11.9. The third-order valence-electron chi connectivity index (χ3n) is 4.74. The molecule has 8 heteroatoms. The van der Waals surface area contributed by atoms with Crippen LogP contribution in [0.1, 0.15) is 52.4 Å². The number of carbonyl (C=O) groups excluding carboxylic acids is 2. The lowest BCUT2D eigenvalue weighted by molar-refractivity contribution is 0.143. The fraction of sp³-hybridized carbons (Fsp3) is 0.462. The number of hydrogen-bond donors (Lipinski definition) is 2. The predicted molar refractivity (Wildman–Crippen MR) is 133 cm³/mol. The molecule has 0 aromatic heterocycles. The van der Waals surface area contributed by atoms with Crippen LogP contribution in [0, 0.1) is 0 Å². The van der Waals surface area contributed by atoms with Gasteiger partial charge in [0.15, 0.2) is 0 Å². The summed E-state index contributed by atoms with van der Waals surface area (Å²) in [6, 6.07) is 14.3. The summed E-state index contributed by atoms with van der Waals surface area (Å²) in [6.07, 6.45) is 4.27. The van der Waals surface area contributed by atoms with E-state index in [1.807, 2.05) is 24.3 Å². The lowest BCUT2D eigenvalue weighted by atomic mass is 10.3. The molecule has 2 rings (SSSR count). The summed E-state index contributed by atoms with van der Waals surface area (Å²) in [5.74, 6) is 1.54. The zero-order chi connectivity index (χ0) is 24.4. The third kappa shape index (κ3) is 11.4. The van der Waals surface area contributed by atoms with Gasteiger partial charge >= 0.3 is 12.2 Å². The molecule has 0 radical (unpaired) electrons. The Kier molecular flexibility index (Phi) is 12.8. The van der Waals surface area contributed by atoms with Crippen LogP contribution in [0.3, 0.4) is 0 Å². The van der Waals surface area contributed by atoms with Crippen molar-refractivity contribution in [3.05, 3.63) is 48.5 Å². The number of ether oxygens (including phenoxy) is 4. The Bertz CT molecular complexity index is 768. The minimum Gasteiger partial charge on any atom is -0.494 e. The van der Waals surface area contributed by atoms with Crippen LogP contribution >= 0.6 is 0 Å². The molecule has 8 nitrogen and oxygen atoms in total. The van der Waals surface area contributed by atoms with E-state index in [0.29, 0.717) is 37.4 Å². The summed E-state index contributed by atoms with van der Waals surface area (Å²) in [5.41, 5.74) is 1.27. The first-order chi connectivity index (χ1) is 16.6. The molecule has 0 aliphatic carbocycles. The molecule has 34 heavy (non-hydrogen) atoms. The average molecular weight is 473 g/mol. The van der Waals surface area contributed by atoms with Gasteiger partial charge in [-0.3, -0.25) is 10.6 Å². The summed E-state index contributed by atoms with van der Waals surface area (Å²) in [5, 5.41) is 5.34. The molecule has 0 heterocycles. The van der Waals surface area contributed by atoms with Crippen molar-refractivity contribution in [3.63, 3.8) is 0 Å². The summed E-state index contributed by atoms with van der Waals surface area (Å²) in [6.45, 7) is 6.04. The topological polar surface area (TPSA) is 95.1 Å². The normalized spacial score (nSPS) is 10.3. The molecule has 0 saturated carbocycles. The fourth-order valence-corrected chi connectivity index (χ4v) is 2.78. The molecule has 0 bridgehead atoms. The van der Waals surface area contributed by atoms with Crippen molar-refractivity contribution in [1.82, 2.24) is 0 Å². The highest BCUT2D eigenvalue weighted by Gasteiger charge is 2.06. The Morgan fingerprint density at radius 1 is 0.588 bits per heavy atom. The summed E-state index contributed by atoms with van der Waals surface area (Å²) in [7, 11) is 0. The van der Waals surface area contributed by atoms with E-state index in [1.54, 1.807) is 24.3 Å². The van der Waals surface area contributed by atoms with Gasteiger partial charge in [-0.15, -0.1) is 0 Å². The van der Waals surface area contributed by atoms with E-state index in [4.69, 9.17) is 18.9 Å². The van der Waals surface area contributed by atoms with Gasteiger partial charge in [-0.2, -0.15) is 0 Å². The standard InChI is InChI=1S/C26H36N2O6/c1-3-5-17-31-23-13-9-21(10-14-23)27-25(29)33-19-7-8-20-34-26(30)28-22-11-15-24(16-12-22)32-18-6-4-2/h9-16H,3-8,17-20H2,1-2H3,(H,27,29)(H,28,30). The monoisotopic (exact) mass is 472 g/mol. The molecule has 0 spiro atoms. The summed E-state index contributed by atoms with van der Waals surface area (Å²) in [4.78, 5) is 23.8. The smallest absolute Gasteiger partial charge is 0.411 e. The van der Waals surface area contributed by atoms with Crippen molar-refractivity contribution in [2.24, 2.45) is 0 Å². The van der Waals surface area contributed by atoms with Gasteiger partial charge < -0.3 is 18.9 Å². The Balaban J connectivity index is 1.53. The summed E-state index contributed by atoms with van der Waals surface area (Å²) >= 11 is 0. The maximum absolute atomic E-state index is 11.9. The van der Waals surface area contributed by atoms with Gasteiger partial charge in [-0.05, 0) is 74.2 Å². The number of rotatable bonds is 15. The van der Waals surface area contributed by atoms with Gasteiger partial charge in [-0.25, -0.2) is 9.59 Å². The largest absolute Gasteiger partial charge is 0.494 e. The van der Waals surface area contributed by atoms with Gasteiger partial charge in [0.05, 0.1) is 26.4 Å². The van der Waals surface area contributed by atoms with Gasteiger partial charge in [-0.1, -0.05) is 26.7 Å². The highest BCUT2D eigenvalue weighted by Crippen LogP contribution is 2.17. The first kappa shape index (κ1) is 26.8. The minimum atomic E-state index is -0.527. The molecule has 2 aromatic carbocycles. The molecular formula is C26H36N2O6. The Morgan fingerprint density at radius 3 is 1.32 bits per heavy atom. The van der Waals surface area contributed by atoms with E-state index in [-0.39, 0.29) is 13.2 Å². The average Bonchev–Trinajstić information content (AvgIpc) is 2.84. The van der Waals surface area contributed by atoms with Crippen LogP contribution in [0.15, 0.2) is 48.5 Å². The zero-order valence-electron chi connectivity index (χ0n) is 20.1. The van der Waals surface area contributed by atoms with Crippen molar-refractivity contribution >= 4 is 23.6 Å². The second kappa shape index (κ2) is 16.2. The van der Waals surface area contributed by atoms with Gasteiger partial charge in [0.25, 0.3) is 0 Å². The molecule has 2 amide bonds. The number of nitrogens with one attached hydrogen (secondary N) is 2. The second-order valence-corrected chi connectivity index (χ2v) is 7.68. The highest BCUT2D eigenvalue weighted by atomic mass is 16.6. The van der Waals surface area contributed by atoms with E-state index >= 15 is 0 Å². The Morgan fingerprint density at radius 2 is 0.971 bits per heavy atom. The van der Waals surface area contributed by atoms with Crippen LogP contribution < -0.4 is 20.1 Å². The minimum absolute atomic E-state index is 0.231. The Hall–Kier alpha value is -3.42. The van der Waals surface area contributed by atoms with E-state index < -0.39 is 12.2 Å². The van der Waals surface area contributed by atoms with Crippen molar-refractivity contribution in [2.45, 2.75) is 52.4 Å². The van der Waals surface area contributed by atoms with Crippen LogP contribution in [0.5, 0.6) is 11.5 Å². The van der Waals surface area contributed by atoms with Crippen molar-refractivity contribution in [2.75, 3.05) is 37.1 Å². The zero-order valence-corrected chi connectivity index (χ0v) is 20.1. The van der Waals surface area contributed by atoms with E-state index in [2.05, 4.69) is 24.5 Å². The first-order valence-corrected chi connectivity index (χ1v) is 11.9. The molecular weight excluding hydrogens is 436 g/mol. The molecule has 186 valence electrons. The van der Waals surface area contributed by atoms with Gasteiger partial charge in [0.1, 0.15) is 11.5 Å². The number of anilines is 2. The SMILES string of the molecule is CCCCOc1ccc(NC(=O)OCCCCOC(=O)Nc2ccc(OCCCC)cc2)cc1. The van der Waals surface area contributed by atoms with E-state index in [1.165, 1.54) is 0 Å². The van der Waals surface area contributed by atoms with Crippen LogP contribution in [0.4, 0.5) is 21.0 Å². The molecule has 0 fully saturated rings. The molecule has 2 N–H and O–H groups in total. The number of hydrogen-bond acceptors (Lipinski definition) is 6. The van der Waals surface area contributed by atoms with Crippen LogP contribution in [0.2, 0.25) is 0 Å². The lowest BCUT2D eigenvalue weighted by Gasteiger charge is -2.10. The van der Waals surface area contributed by atoms with Gasteiger partial charge in [0.2, 0.25) is 0 Å². The predicted octanol–water partition coefficient (Wildman–Crippen LogP) is 6.62. The highest BCUT2D eigenvalue weighted by molar-refractivity contribution is 5.85. The van der Waals surface area contributed by atoms with E-state index in [9.17, 15) is 9.59 Å². The van der Waals surface area contributed by atoms with E-state index in [0.717, 1.165) is 37.2 Å². The molecule has 0 aliphatic heterocycles. The number of benzene rings is 2. The maximum atomic E-state index is 11.9. The fourth-order valence-electron chi connectivity index (χ4n) is 2.78. The molecule has 0 saturated heterocycles. The lowest BCUT2D eigenvalue weighted by Crippen LogP contribution is -2.16. The molecule has 0 atom stereocenters. The third-order valence-corrected chi connectivity index (χ3v) is 4.74.